The summed E-state index contributed by atoms with van der Waals surface area (Å²) in [5.74, 6) is 5.20. The van der Waals surface area contributed by atoms with Gasteiger partial charge in [-0.15, -0.1) is 0 Å². The first-order valence-corrected chi connectivity index (χ1v) is 13.3. The molecule has 11 atom stereocenters. The van der Waals surface area contributed by atoms with Gasteiger partial charge in [0.1, 0.15) is 0 Å². The molecule has 1 spiro atoms. The highest BCUT2D eigenvalue weighted by molar-refractivity contribution is 5.26. The van der Waals surface area contributed by atoms with Crippen molar-refractivity contribution in [1.29, 1.82) is 0 Å². The summed E-state index contributed by atoms with van der Waals surface area (Å²) in [6.45, 7) is 13.5. The van der Waals surface area contributed by atoms with Crippen LogP contribution >= 0.6 is 0 Å². The van der Waals surface area contributed by atoms with Crippen LogP contribution in [0.5, 0.6) is 0 Å². The Bertz CT molecular complexity index is 733. The molecule has 0 bridgehead atoms. The minimum atomic E-state index is -0.266. The molecule has 10 unspecified atom stereocenters. The molecule has 2 heterocycles. The first kappa shape index (κ1) is 20.3. The molecule has 3 saturated carbocycles. The Hall–Kier alpha value is -0.340. The van der Waals surface area contributed by atoms with E-state index in [-0.39, 0.29) is 5.79 Å². The average Bonchev–Trinajstić information content (AvgIpc) is 3.16. The third-order valence-corrected chi connectivity index (χ3v) is 11.6. The van der Waals surface area contributed by atoms with Crippen LogP contribution in [0.3, 0.4) is 0 Å². The minimum Gasteiger partial charge on any atom is -0.349 e. The number of rotatable bonds is 0. The van der Waals surface area contributed by atoms with Crippen LogP contribution in [0, 0.1) is 52.3 Å². The second-order valence-electron chi connectivity index (χ2n) is 13.1. The molecule has 6 rings (SSSR count). The molecule has 6 aliphatic rings. The maximum absolute atomic E-state index is 6.92. The van der Waals surface area contributed by atoms with Gasteiger partial charge in [-0.1, -0.05) is 46.3 Å². The molecule has 0 aromatic heterocycles. The van der Waals surface area contributed by atoms with Gasteiger partial charge in [-0.05, 0) is 97.7 Å². The molecule has 0 aromatic carbocycles. The number of hydrogen-bond donors (Lipinski definition) is 0. The minimum absolute atomic E-state index is 0.266. The van der Waals surface area contributed by atoms with E-state index in [1.54, 1.807) is 0 Å². The average molecular weight is 413 g/mol. The number of hydrogen-bond acceptors (Lipinski definition) is 2. The lowest BCUT2D eigenvalue weighted by atomic mass is 9.46. The summed E-state index contributed by atoms with van der Waals surface area (Å²) in [5, 5.41) is 0. The molecule has 168 valence electrons. The van der Waals surface area contributed by atoms with Crippen molar-refractivity contribution in [3.63, 3.8) is 0 Å². The zero-order chi connectivity index (χ0) is 20.9. The van der Waals surface area contributed by atoms with Crippen LogP contribution in [0.15, 0.2) is 11.6 Å². The number of ether oxygens (including phenoxy) is 2. The van der Waals surface area contributed by atoms with E-state index in [1.807, 2.05) is 5.57 Å². The van der Waals surface area contributed by atoms with Gasteiger partial charge in [-0.25, -0.2) is 0 Å². The van der Waals surface area contributed by atoms with Gasteiger partial charge in [0.15, 0.2) is 5.79 Å². The smallest absolute Gasteiger partial charge is 0.171 e. The molecule has 2 saturated heterocycles. The summed E-state index contributed by atoms with van der Waals surface area (Å²) in [7, 11) is 0. The van der Waals surface area contributed by atoms with E-state index in [9.17, 15) is 0 Å². The van der Waals surface area contributed by atoms with Crippen LogP contribution in [0.1, 0.15) is 92.4 Å². The van der Waals surface area contributed by atoms with Crippen molar-refractivity contribution in [1.82, 2.24) is 0 Å². The fourth-order valence-corrected chi connectivity index (χ4v) is 9.86. The van der Waals surface area contributed by atoms with E-state index < -0.39 is 0 Å². The van der Waals surface area contributed by atoms with E-state index >= 15 is 0 Å². The van der Waals surface area contributed by atoms with Crippen molar-refractivity contribution in [2.45, 2.75) is 104 Å². The van der Waals surface area contributed by atoms with E-state index in [1.165, 1.54) is 51.4 Å². The predicted octanol–water partition coefficient (Wildman–Crippen LogP) is 6.99. The van der Waals surface area contributed by atoms with Crippen molar-refractivity contribution in [3.8, 4) is 0 Å². The van der Waals surface area contributed by atoms with Gasteiger partial charge in [0.05, 0.1) is 12.7 Å². The Morgan fingerprint density at radius 1 is 0.933 bits per heavy atom. The normalized spacial score (nSPS) is 59.8. The Morgan fingerprint density at radius 3 is 2.50 bits per heavy atom. The molecule has 0 radical (unpaired) electrons. The Balaban J connectivity index is 1.28. The van der Waals surface area contributed by atoms with Gasteiger partial charge < -0.3 is 9.47 Å². The van der Waals surface area contributed by atoms with Crippen LogP contribution in [0.2, 0.25) is 0 Å². The van der Waals surface area contributed by atoms with Crippen LogP contribution in [-0.4, -0.2) is 18.5 Å². The lowest BCUT2D eigenvalue weighted by molar-refractivity contribution is -0.272. The fraction of sp³-hybridized carbons (Fsp3) is 0.929. The maximum Gasteiger partial charge on any atom is 0.171 e. The summed E-state index contributed by atoms with van der Waals surface area (Å²) in [6.07, 6.45) is 15.3. The molecule has 2 nitrogen and oxygen atoms in total. The van der Waals surface area contributed by atoms with Gasteiger partial charge >= 0.3 is 0 Å². The van der Waals surface area contributed by atoms with Gasteiger partial charge in [0.2, 0.25) is 0 Å². The molecule has 0 N–H and O–H groups in total. The van der Waals surface area contributed by atoms with Crippen molar-refractivity contribution in [2.24, 2.45) is 52.3 Å². The van der Waals surface area contributed by atoms with E-state index in [0.29, 0.717) is 34.7 Å². The third-order valence-electron chi connectivity index (χ3n) is 11.6. The first-order valence-electron chi connectivity index (χ1n) is 13.3. The fourth-order valence-electron chi connectivity index (χ4n) is 9.86. The van der Waals surface area contributed by atoms with Crippen molar-refractivity contribution in [2.75, 3.05) is 6.61 Å². The molecular weight excluding hydrogens is 368 g/mol. The molecule has 2 aliphatic heterocycles. The van der Waals surface area contributed by atoms with Crippen LogP contribution < -0.4 is 0 Å². The summed E-state index contributed by atoms with van der Waals surface area (Å²) in [4.78, 5) is 0. The molecule has 4 aliphatic carbocycles. The lowest BCUT2D eigenvalue weighted by Crippen LogP contribution is -2.52. The van der Waals surface area contributed by atoms with Crippen LogP contribution in [-0.2, 0) is 9.47 Å². The summed E-state index contributed by atoms with van der Waals surface area (Å²) in [6, 6.07) is 0. The quantitative estimate of drug-likeness (QED) is 0.399. The molecule has 2 heteroatoms. The Labute approximate surface area is 184 Å². The van der Waals surface area contributed by atoms with Crippen molar-refractivity contribution >= 4 is 0 Å². The standard InChI is InChI=1S/C28H44O2/c1-17-8-11-26(4)20(14-17)6-7-21-22(26)10-12-27(5)23(21)15-24-25(27)19(3)28(30-24)13-9-18(2)16-29-28/h6,17-19,21-25H,7-16H2,1-5H3/t17?,18?,19-,21?,22?,23?,24?,25?,26?,27?,28?/m0/s1. The zero-order valence-electron chi connectivity index (χ0n) is 20.1. The highest BCUT2D eigenvalue weighted by Gasteiger charge is 2.68. The first-order chi connectivity index (χ1) is 14.3. The van der Waals surface area contributed by atoms with E-state index in [4.69, 9.17) is 9.47 Å². The topological polar surface area (TPSA) is 18.5 Å². The summed E-state index contributed by atoms with van der Waals surface area (Å²) >= 11 is 0. The Kier molecular flexibility index (Phi) is 4.46. The molecule has 0 amide bonds. The highest BCUT2D eigenvalue weighted by atomic mass is 16.7. The number of fused-ring (bicyclic) bond motifs is 7. The SMILES string of the molecule is CC1CCC2(OC1)OC1CC3C4CC=C5CC(C)CCC5(C)C4CCC3(C)C1[C@@H]2C. The lowest BCUT2D eigenvalue weighted by Gasteiger charge is -2.58. The second kappa shape index (κ2) is 6.60. The van der Waals surface area contributed by atoms with Gasteiger partial charge in [0, 0.05) is 12.3 Å². The monoisotopic (exact) mass is 412 g/mol. The van der Waals surface area contributed by atoms with Crippen LogP contribution in [0.4, 0.5) is 0 Å². The van der Waals surface area contributed by atoms with Crippen molar-refractivity contribution < 1.29 is 9.47 Å². The van der Waals surface area contributed by atoms with E-state index in [0.717, 1.165) is 36.7 Å². The molecule has 30 heavy (non-hydrogen) atoms. The van der Waals surface area contributed by atoms with Gasteiger partial charge in [-0.2, -0.15) is 0 Å². The van der Waals surface area contributed by atoms with Gasteiger partial charge in [0.25, 0.3) is 0 Å². The third kappa shape index (κ3) is 2.56. The molecule has 0 aromatic rings. The maximum atomic E-state index is 6.92. The largest absolute Gasteiger partial charge is 0.349 e. The number of allylic oxidation sites excluding steroid dienone is 2. The highest BCUT2D eigenvalue weighted by Crippen LogP contribution is 2.70. The summed E-state index contributed by atoms with van der Waals surface area (Å²) in [5.41, 5.74) is 2.77. The van der Waals surface area contributed by atoms with Gasteiger partial charge in [-0.3, -0.25) is 0 Å². The van der Waals surface area contributed by atoms with Crippen molar-refractivity contribution in [3.05, 3.63) is 11.6 Å². The predicted molar refractivity (Wildman–Crippen MR) is 121 cm³/mol. The van der Waals surface area contributed by atoms with Crippen LogP contribution in [0.25, 0.3) is 0 Å². The zero-order valence-corrected chi connectivity index (χ0v) is 20.1. The Morgan fingerprint density at radius 2 is 1.73 bits per heavy atom. The van der Waals surface area contributed by atoms with E-state index in [2.05, 4.69) is 40.7 Å². The second-order valence-corrected chi connectivity index (χ2v) is 13.1. The summed E-state index contributed by atoms with van der Waals surface area (Å²) < 4.78 is 13.4. The molecule has 5 fully saturated rings. The molecular formula is C28H44O2.